The van der Waals surface area contributed by atoms with E-state index in [1.165, 1.54) is 17.5 Å². The molecule has 1 aliphatic carbocycles. The summed E-state index contributed by atoms with van der Waals surface area (Å²) in [7, 11) is 3.54. The molecule has 0 bridgehead atoms. The van der Waals surface area contributed by atoms with Gasteiger partial charge in [-0.1, -0.05) is 31.9 Å². The first-order chi connectivity index (χ1) is 9.01. The third-order valence-electron chi connectivity index (χ3n) is 4.10. The summed E-state index contributed by atoms with van der Waals surface area (Å²) in [5.41, 5.74) is 2.42. The van der Waals surface area contributed by atoms with Crippen molar-refractivity contribution in [3.8, 4) is 5.75 Å². The number of benzene rings is 1. The minimum atomic E-state index is 0.0521. The van der Waals surface area contributed by atoms with Gasteiger partial charge in [-0.3, -0.25) is 0 Å². The van der Waals surface area contributed by atoms with E-state index in [1.54, 1.807) is 7.11 Å². The number of halogens is 2. The van der Waals surface area contributed by atoms with E-state index in [0.717, 1.165) is 29.5 Å². The zero-order valence-corrected chi connectivity index (χ0v) is 14.8. The molecule has 1 aromatic carbocycles. The average molecular weight is 392 g/mol. The number of hydrogen-bond acceptors (Lipinski definition) is 2. The number of alkyl halides is 1. The van der Waals surface area contributed by atoms with E-state index in [-0.39, 0.29) is 10.4 Å². The van der Waals surface area contributed by atoms with E-state index < -0.39 is 0 Å². The van der Waals surface area contributed by atoms with E-state index in [4.69, 9.17) is 9.47 Å². The Labute approximate surface area is 132 Å². The van der Waals surface area contributed by atoms with Gasteiger partial charge in [0.25, 0.3) is 0 Å². The van der Waals surface area contributed by atoms with Crippen LogP contribution in [0.2, 0.25) is 0 Å². The van der Waals surface area contributed by atoms with Gasteiger partial charge in [0.15, 0.2) is 0 Å². The van der Waals surface area contributed by atoms with Crippen LogP contribution in [-0.2, 0) is 4.74 Å². The van der Waals surface area contributed by atoms with Crippen molar-refractivity contribution < 1.29 is 9.47 Å². The molecular weight excluding hydrogens is 372 g/mol. The molecular formula is C15H20Br2O2. The smallest absolute Gasteiger partial charge is 0.123 e. The fraction of sp³-hybridized carbons (Fsp3) is 0.600. The Bertz CT molecular complexity index is 450. The SMILES string of the molecule is COc1cc(C)c(Br)cc1C(Br)CC1(OC)CCC1. The van der Waals surface area contributed by atoms with Gasteiger partial charge >= 0.3 is 0 Å². The molecule has 1 atom stereocenters. The van der Waals surface area contributed by atoms with Crippen LogP contribution < -0.4 is 4.74 Å². The number of hydrogen-bond donors (Lipinski definition) is 0. The zero-order valence-electron chi connectivity index (χ0n) is 11.6. The van der Waals surface area contributed by atoms with Crippen LogP contribution in [0.1, 0.15) is 41.6 Å². The van der Waals surface area contributed by atoms with Crippen molar-refractivity contribution in [1.29, 1.82) is 0 Å². The quantitative estimate of drug-likeness (QED) is 0.645. The van der Waals surface area contributed by atoms with E-state index in [0.29, 0.717) is 0 Å². The summed E-state index contributed by atoms with van der Waals surface area (Å²) in [4.78, 5) is 0.250. The average Bonchev–Trinajstić information content (AvgIpc) is 2.36. The van der Waals surface area contributed by atoms with Crippen LogP contribution in [0.5, 0.6) is 5.75 Å². The van der Waals surface area contributed by atoms with Crippen molar-refractivity contribution in [2.45, 2.75) is 43.0 Å². The van der Waals surface area contributed by atoms with Crippen molar-refractivity contribution in [1.82, 2.24) is 0 Å². The van der Waals surface area contributed by atoms with Gasteiger partial charge in [0.05, 0.1) is 12.7 Å². The Morgan fingerprint density at radius 3 is 2.47 bits per heavy atom. The first kappa shape index (κ1) is 15.3. The van der Waals surface area contributed by atoms with Crippen LogP contribution in [-0.4, -0.2) is 19.8 Å². The highest BCUT2D eigenvalue weighted by molar-refractivity contribution is 9.10. The highest BCUT2D eigenvalue weighted by Crippen LogP contribution is 2.46. The molecule has 1 saturated carbocycles. The van der Waals surface area contributed by atoms with Crippen LogP contribution in [0.4, 0.5) is 0 Å². The predicted octanol–water partition coefficient (Wildman–Crippen LogP) is 5.16. The second kappa shape index (κ2) is 6.15. The third-order valence-corrected chi connectivity index (χ3v) is 5.77. The van der Waals surface area contributed by atoms with Crippen molar-refractivity contribution >= 4 is 31.9 Å². The molecule has 4 heteroatoms. The standard InChI is InChI=1S/C15H20Br2O2/c1-10-7-14(18-2)11(8-12(10)16)13(17)9-15(19-3)5-4-6-15/h7-8,13H,4-6,9H2,1-3H3. The molecule has 0 heterocycles. The Morgan fingerprint density at radius 2 is 2.00 bits per heavy atom. The molecule has 0 spiro atoms. The third kappa shape index (κ3) is 3.17. The number of methoxy groups -OCH3 is 2. The molecule has 0 N–H and O–H groups in total. The van der Waals surface area contributed by atoms with Crippen molar-refractivity contribution in [3.05, 3.63) is 27.7 Å². The van der Waals surface area contributed by atoms with Crippen molar-refractivity contribution in [2.24, 2.45) is 0 Å². The highest BCUT2D eigenvalue weighted by atomic mass is 79.9. The molecule has 0 radical (unpaired) electrons. The van der Waals surface area contributed by atoms with Gasteiger partial charge in [-0.05, 0) is 50.3 Å². The lowest BCUT2D eigenvalue weighted by atomic mass is 9.76. The minimum Gasteiger partial charge on any atom is -0.496 e. The molecule has 1 aliphatic rings. The predicted molar refractivity (Wildman–Crippen MR) is 85.3 cm³/mol. The Balaban J connectivity index is 2.23. The number of rotatable bonds is 5. The van der Waals surface area contributed by atoms with E-state index in [1.807, 2.05) is 7.11 Å². The second-order valence-electron chi connectivity index (χ2n) is 5.26. The van der Waals surface area contributed by atoms with Gasteiger partial charge in [0.2, 0.25) is 0 Å². The van der Waals surface area contributed by atoms with Crippen LogP contribution in [0.15, 0.2) is 16.6 Å². The monoisotopic (exact) mass is 390 g/mol. The van der Waals surface area contributed by atoms with Crippen LogP contribution >= 0.6 is 31.9 Å². The molecule has 2 nitrogen and oxygen atoms in total. The van der Waals surface area contributed by atoms with E-state index >= 15 is 0 Å². The summed E-state index contributed by atoms with van der Waals surface area (Å²) >= 11 is 7.40. The normalized spacial score (nSPS) is 18.8. The molecule has 19 heavy (non-hydrogen) atoms. The number of ether oxygens (including phenoxy) is 2. The van der Waals surface area contributed by atoms with Crippen LogP contribution in [0.25, 0.3) is 0 Å². The largest absolute Gasteiger partial charge is 0.496 e. The Kier molecular flexibility index (Phi) is 4.96. The molecule has 2 rings (SSSR count). The lowest BCUT2D eigenvalue weighted by Gasteiger charge is -2.42. The maximum absolute atomic E-state index is 5.71. The molecule has 0 amide bonds. The van der Waals surface area contributed by atoms with Gasteiger partial charge < -0.3 is 9.47 Å². The molecule has 0 aromatic heterocycles. The number of aryl methyl sites for hydroxylation is 1. The summed E-state index contributed by atoms with van der Waals surface area (Å²) < 4.78 is 12.3. The molecule has 1 unspecified atom stereocenters. The van der Waals surface area contributed by atoms with Gasteiger partial charge in [-0.25, -0.2) is 0 Å². The van der Waals surface area contributed by atoms with Crippen molar-refractivity contribution in [2.75, 3.05) is 14.2 Å². The molecule has 1 aromatic rings. The minimum absolute atomic E-state index is 0.0521. The summed E-state index contributed by atoms with van der Waals surface area (Å²) in [6, 6.07) is 4.23. The summed E-state index contributed by atoms with van der Waals surface area (Å²) in [5.74, 6) is 0.938. The molecule has 1 fully saturated rings. The first-order valence-electron chi connectivity index (χ1n) is 6.54. The van der Waals surface area contributed by atoms with E-state index in [9.17, 15) is 0 Å². The fourth-order valence-corrected chi connectivity index (χ4v) is 3.90. The Hall–Kier alpha value is -0.0600. The lowest BCUT2D eigenvalue weighted by Crippen LogP contribution is -2.39. The maximum atomic E-state index is 5.71. The summed E-state index contributed by atoms with van der Waals surface area (Å²) in [5, 5.41) is 0. The summed E-state index contributed by atoms with van der Waals surface area (Å²) in [6.07, 6.45) is 4.56. The van der Waals surface area contributed by atoms with Gasteiger partial charge in [0.1, 0.15) is 5.75 Å². The van der Waals surface area contributed by atoms with Crippen LogP contribution in [0, 0.1) is 6.92 Å². The molecule has 0 saturated heterocycles. The van der Waals surface area contributed by atoms with Crippen LogP contribution in [0.3, 0.4) is 0 Å². The van der Waals surface area contributed by atoms with Gasteiger partial charge in [-0.15, -0.1) is 0 Å². The van der Waals surface area contributed by atoms with Gasteiger partial charge in [-0.2, -0.15) is 0 Å². The fourth-order valence-electron chi connectivity index (χ4n) is 2.59. The lowest BCUT2D eigenvalue weighted by molar-refractivity contribution is -0.0773. The molecule has 106 valence electrons. The van der Waals surface area contributed by atoms with E-state index in [2.05, 4.69) is 50.9 Å². The topological polar surface area (TPSA) is 18.5 Å². The zero-order chi connectivity index (χ0) is 14.0. The summed E-state index contributed by atoms with van der Waals surface area (Å²) in [6.45, 7) is 2.07. The Morgan fingerprint density at radius 1 is 1.32 bits per heavy atom. The second-order valence-corrected chi connectivity index (χ2v) is 7.22. The first-order valence-corrected chi connectivity index (χ1v) is 8.25. The van der Waals surface area contributed by atoms with Crippen molar-refractivity contribution in [3.63, 3.8) is 0 Å². The highest BCUT2D eigenvalue weighted by Gasteiger charge is 2.39. The molecule has 0 aliphatic heterocycles. The maximum Gasteiger partial charge on any atom is 0.123 e. The van der Waals surface area contributed by atoms with Gasteiger partial charge in [0, 0.05) is 22.0 Å².